The third-order valence-electron chi connectivity index (χ3n) is 4.50. The van der Waals surface area contributed by atoms with E-state index in [0.29, 0.717) is 18.9 Å². The predicted octanol–water partition coefficient (Wildman–Crippen LogP) is 2.00. The Morgan fingerprint density at radius 1 is 1.36 bits per heavy atom. The van der Waals surface area contributed by atoms with Crippen LogP contribution in [-0.2, 0) is 4.79 Å². The first-order chi connectivity index (χ1) is 11.8. The number of amides is 1. The lowest BCUT2D eigenvalue weighted by Gasteiger charge is -2.27. The highest BCUT2D eigenvalue weighted by molar-refractivity contribution is 14.0. The summed E-state index contributed by atoms with van der Waals surface area (Å²) in [5, 5.41) is 9.63. The smallest absolute Gasteiger partial charge is 0.220 e. The van der Waals surface area contributed by atoms with Gasteiger partial charge in [0.15, 0.2) is 5.96 Å². The molecule has 1 fully saturated rings. The Morgan fingerprint density at radius 3 is 2.96 bits per heavy atom. The quantitative estimate of drug-likeness (QED) is 0.367. The number of halogens is 1. The van der Waals surface area contributed by atoms with Gasteiger partial charge in [0.1, 0.15) is 5.75 Å². The average Bonchev–Trinajstić information content (AvgIpc) is 2.62. The highest BCUT2D eigenvalue weighted by atomic mass is 127. The molecule has 25 heavy (non-hydrogen) atoms. The van der Waals surface area contributed by atoms with Crippen molar-refractivity contribution in [1.29, 1.82) is 0 Å². The molecular formula is C18H27IN4O2. The standard InChI is InChI=1S/C18H26N4O2.HI/c1-2-19-18(22-14-7-8-17(23)20-12-14)21-11-13-9-10-24-16-6-4-3-5-15(13)16;/h3-6,13-14H,2,7-12H2,1H3,(H,20,23)(H2,19,21,22);1H. The molecule has 1 aromatic carbocycles. The number of carbonyl (C=O) groups excluding carboxylic acids is 1. The summed E-state index contributed by atoms with van der Waals surface area (Å²) in [4.78, 5) is 16.0. The average molecular weight is 458 g/mol. The van der Waals surface area contributed by atoms with Crippen molar-refractivity contribution in [1.82, 2.24) is 16.0 Å². The third kappa shape index (κ3) is 5.49. The van der Waals surface area contributed by atoms with Crippen molar-refractivity contribution in [3.05, 3.63) is 29.8 Å². The lowest BCUT2D eigenvalue weighted by molar-refractivity contribution is -0.122. The monoisotopic (exact) mass is 458 g/mol. The molecule has 2 heterocycles. The zero-order valence-electron chi connectivity index (χ0n) is 14.6. The van der Waals surface area contributed by atoms with Crippen LogP contribution in [0, 0.1) is 0 Å². The largest absolute Gasteiger partial charge is 0.493 e. The van der Waals surface area contributed by atoms with Gasteiger partial charge in [0, 0.05) is 38.0 Å². The lowest BCUT2D eigenvalue weighted by Crippen LogP contribution is -2.51. The number of benzene rings is 1. The number of hydrogen-bond acceptors (Lipinski definition) is 3. The van der Waals surface area contributed by atoms with Gasteiger partial charge in [-0.2, -0.15) is 0 Å². The normalized spacial score (nSPS) is 22.8. The number of aliphatic imine (C=N–C) groups is 1. The molecule has 3 N–H and O–H groups in total. The lowest BCUT2D eigenvalue weighted by atomic mass is 9.93. The fraction of sp³-hybridized carbons (Fsp3) is 0.556. The zero-order valence-corrected chi connectivity index (χ0v) is 16.9. The van der Waals surface area contributed by atoms with Gasteiger partial charge >= 0.3 is 0 Å². The number of hydrogen-bond donors (Lipinski definition) is 3. The summed E-state index contributed by atoms with van der Waals surface area (Å²) < 4.78 is 5.72. The van der Waals surface area contributed by atoms with E-state index >= 15 is 0 Å². The van der Waals surface area contributed by atoms with Gasteiger partial charge in [-0.15, -0.1) is 24.0 Å². The van der Waals surface area contributed by atoms with Crippen molar-refractivity contribution in [3.63, 3.8) is 0 Å². The molecule has 7 heteroatoms. The van der Waals surface area contributed by atoms with E-state index in [1.54, 1.807) is 0 Å². The van der Waals surface area contributed by atoms with E-state index in [4.69, 9.17) is 9.73 Å². The number of rotatable bonds is 4. The molecule has 1 saturated heterocycles. The second kappa shape index (κ2) is 9.84. The molecule has 0 saturated carbocycles. The van der Waals surface area contributed by atoms with Crippen molar-refractivity contribution in [3.8, 4) is 5.75 Å². The van der Waals surface area contributed by atoms with E-state index in [1.807, 2.05) is 12.1 Å². The molecule has 0 bridgehead atoms. The van der Waals surface area contributed by atoms with Crippen LogP contribution in [0.4, 0.5) is 0 Å². The molecule has 0 spiro atoms. The molecule has 2 unspecified atom stereocenters. The second-order valence-corrected chi connectivity index (χ2v) is 6.28. The number of ether oxygens (including phenoxy) is 1. The van der Waals surface area contributed by atoms with E-state index in [1.165, 1.54) is 5.56 Å². The minimum atomic E-state index is 0. The first kappa shape index (κ1) is 19.8. The summed E-state index contributed by atoms with van der Waals surface area (Å²) in [6.07, 6.45) is 2.40. The SMILES string of the molecule is CCNC(=NCC1CCOc2ccccc21)NC1CCC(=O)NC1.I. The van der Waals surface area contributed by atoms with E-state index in [2.05, 4.69) is 35.0 Å². The predicted molar refractivity (Wildman–Crippen MR) is 110 cm³/mol. The van der Waals surface area contributed by atoms with Crippen LogP contribution in [0.5, 0.6) is 5.75 Å². The van der Waals surface area contributed by atoms with Crippen molar-refractivity contribution < 1.29 is 9.53 Å². The highest BCUT2D eigenvalue weighted by Crippen LogP contribution is 2.33. The molecule has 1 amide bonds. The molecule has 2 atom stereocenters. The van der Waals surface area contributed by atoms with Gasteiger partial charge in [-0.1, -0.05) is 18.2 Å². The van der Waals surface area contributed by atoms with Crippen LogP contribution < -0.4 is 20.7 Å². The van der Waals surface area contributed by atoms with Crippen LogP contribution in [-0.4, -0.2) is 44.1 Å². The van der Waals surface area contributed by atoms with Gasteiger partial charge in [-0.3, -0.25) is 9.79 Å². The number of fused-ring (bicyclic) bond motifs is 1. The topological polar surface area (TPSA) is 74.8 Å². The van der Waals surface area contributed by atoms with Gasteiger partial charge in [0.2, 0.25) is 5.91 Å². The first-order valence-electron chi connectivity index (χ1n) is 8.79. The highest BCUT2D eigenvalue weighted by Gasteiger charge is 2.22. The maximum atomic E-state index is 11.3. The Kier molecular flexibility index (Phi) is 7.80. The van der Waals surface area contributed by atoms with Gasteiger partial charge in [0.05, 0.1) is 6.61 Å². The van der Waals surface area contributed by atoms with E-state index in [9.17, 15) is 4.79 Å². The van der Waals surface area contributed by atoms with E-state index in [0.717, 1.165) is 44.2 Å². The maximum Gasteiger partial charge on any atom is 0.220 e. The summed E-state index contributed by atoms with van der Waals surface area (Å²) in [6.45, 7) is 5.01. The molecule has 2 aliphatic heterocycles. The van der Waals surface area contributed by atoms with Crippen LogP contribution >= 0.6 is 24.0 Å². The Balaban J connectivity index is 0.00000225. The van der Waals surface area contributed by atoms with Gasteiger partial charge < -0.3 is 20.7 Å². The molecule has 3 rings (SSSR count). The molecule has 6 nitrogen and oxygen atoms in total. The number of nitrogens with zero attached hydrogens (tertiary/aromatic N) is 1. The van der Waals surface area contributed by atoms with E-state index < -0.39 is 0 Å². The number of nitrogens with one attached hydrogen (secondary N) is 3. The first-order valence-corrected chi connectivity index (χ1v) is 8.79. The van der Waals surface area contributed by atoms with Gasteiger partial charge in [0.25, 0.3) is 0 Å². The molecule has 138 valence electrons. The minimum absolute atomic E-state index is 0. The molecule has 0 aliphatic carbocycles. The molecule has 0 radical (unpaired) electrons. The van der Waals surface area contributed by atoms with Crippen LogP contribution in [0.25, 0.3) is 0 Å². The number of guanidine groups is 1. The summed E-state index contributed by atoms with van der Waals surface area (Å²) in [6, 6.07) is 8.46. The summed E-state index contributed by atoms with van der Waals surface area (Å²) >= 11 is 0. The Morgan fingerprint density at radius 2 is 2.20 bits per heavy atom. The number of piperidine rings is 1. The number of carbonyl (C=O) groups is 1. The molecular weight excluding hydrogens is 431 g/mol. The fourth-order valence-corrected chi connectivity index (χ4v) is 3.18. The summed E-state index contributed by atoms with van der Waals surface area (Å²) in [7, 11) is 0. The number of para-hydroxylation sites is 1. The zero-order chi connectivity index (χ0) is 16.8. The minimum Gasteiger partial charge on any atom is -0.493 e. The third-order valence-corrected chi connectivity index (χ3v) is 4.50. The van der Waals surface area contributed by atoms with Gasteiger partial charge in [-0.05, 0) is 31.4 Å². The van der Waals surface area contributed by atoms with Crippen LogP contribution in [0.3, 0.4) is 0 Å². The Labute approximate surface area is 166 Å². The van der Waals surface area contributed by atoms with Crippen LogP contribution in [0.1, 0.15) is 37.7 Å². The van der Waals surface area contributed by atoms with Crippen molar-refractivity contribution >= 4 is 35.8 Å². The van der Waals surface area contributed by atoms with Crippen molar-refractivity contribution in [2.45, 2.75) is 38.1 Å². The van der Waals surface area contributed by atoms with Crippen molar-refractivity contribution in [2.75, 3.05) is 26.2 Å². The van der Waals surface area contributed by atoms with Gasteiger partial charge in [-0.25, -0.2) is 0 Å². The molecule has 0 aromatic heterocycles. The summed E-state index contributed by atoms with van der Waals surface area (Å²) in [5.74, 6) is 2.32. The Bertz CT molecular complexity index is 598. The molecule has 1 aromatic rings. The van der Waals surface area contributed by atoms with Crippen LogP contribution in [0.2, 0.25) is 0 Å². The molecule has 2 aliphatic rings. The summed E-state index contributed by atoms with van der Waals surface area (Å²) in [5.41, 5.74) is 1.24. The Hall–Kier alpha value is -1.51. The van der Waals surface area contributed by atoms with E-state index in [-0.39, 0.29) is 35.9 Å². The fourth-order valence-electron chi connectivity index (χ4n) is 3.18. The van der Waals surface area contributed by atoms with Crippen molar-refractivity contribution in [2.24, 2.45) is 4.99 Å². The second-order valence-electron chi connectivity index (χ2n) is 6.28. The van der Waals surface area contributed by atoms with Crippen LogP contribution in [0.15, 0.2) is 29.3 Å². The maximum absolute atomic E-state index is 11.3.